The number of aliphatic hydroxyl groups is 2. The van der Waals surface area contributed by atoms with E-state index >= 15 is 0 Å². The van der Waals surface area contributed by atoms with Crippen molar-refractivity contribution in [1.29, 1.82) is 0 Å². The van der Waals surface area contributed by atoms with E-state index in [1.165, 1.54) is 6.92 Å². The van der Waals surface area contributed by atoms with Crippen LogP contribution >= 0.6 is 0 Å². The molecule has 3 aromatic rings. The van der Waals surface area contributed by atoms with Crippen molar-refractivity contribution >= 4 is 11.8 Å². The van der Waals surface area contributed by atoms with Crippen LogP contribution < -0.4 is 10.6 Å². The van der Waals surface area contributed by atoms with Crippen LogP contribution in [0, 0.1) is 0 Å². The van der Waals surface area contributed by atoms with Crippen LogP contribution in [-0.4, -0.2) is 43.9 Å². The fraction of sp³-hybridized carbons (Fsp3) is 0.286. The van der Waals surface area contributed by atoms with Crippen molar-refractivity contribution in [3.05, 3.63) is 66.0 Å². The van der Waals surface area contributed by atoms with E-state index in [2.05, 4.69) is 25.6 Å². The van der Waals surface area contributed by atoms with Gasteiger partial charge in [0.1, 0.15) is 11.4 Å². The molecule has 7 nitrogen and oxygen atoms in total. The molecule has 10 heteroatoms. The SMILES string of the molecule is C[C@@H](O)[C@@H](CO)Nc1nc(NCc2ccc(-c3ccccn3)cc2)ncc1C(F)(F)F. The molecule has 1 aromatic carbocycles. The van der Waals surface area contributed by atoms with E-state index in [4.69, 9.17) is 0 Å². The van der Waals surface area contributed by atoms with Crippen molar-refractivity contribution in [2.24, 2.45) is 0 Å². The van der Waals surface area contributed by atoms with Crippen molar-refractivity contribution in [3.8, 4) is 11.3 Å². The van der Waals surface area contributed by atoms with E-state index in [0.29, 0.717) is 6.20 Å². The molecule has 2 atom stereocenters. The number of rotatable bonds is 8. The third kappa shape index (κ3) is 5.89. The molecule has 3 rings (SSSR count). The van der Waals surface area contributed by atoms with E-state index in [-0.39, 0.29) is 12.5 Å². The van der Waals surface area contributed by atoms with Gasteiger partial charge in [-0.05, 0) is 24.6 Å². The van der Waals surface area contributed by atoms with Gasteiger partial charge in [-0.15, -0.1) is 0 Å². The molecule has 0 radical (unpaired) electrons. The highest BCUT2D eigenvalue weighted by Gasteiger charge is 2.36. The second-order valence-corrected chi connectivity index (χ2v) is 6.89. The number of anilines is 2. The summed E-state index contributed by atoms with van der Waals surface area (Å²) in [4.78, 5) is 11.9. The van der Waals surface area contributed by atoms with Crippen molar-refractivity contribution in [2.45, 2.75) is 31.8 Å². The Hall–Kier alpha value is -3.24. The van der Waals surface area contributed by atoms with Crippen molar-refractivity contribution in [3.63, 3.8) is 0 Å². The van der Waals surface area contributed by atoms with Crippen LogP contribution in [0.15, 0.2) is 54.9 Å². The number of hydrogen-bond acceptors (Lipinski definition) is 7. The summed E-state index contributed by atoms with van der Waals surface area (Å²) in [5, 5.41) is 24.3. The van der Waals surface area contributed by atoms with Gasteiger partial charge in [-0.1, -0.05) is 30.3 Å². The van der Waals surface area contributed by atoms with E-state index in [9.17, 15) is 23.4 Å². The third-order valence-corrected chi connectivity index (χ3v) is 4.56. The largest absolute Gasteiger partial charge is 0.421 e. The van der Waals surface area contributed by atoms with Gasteiger partial charge >= 0.3 is 6.18 Å². The average molecular weight is 433 g/mol. The van der Waals surface area contributed by atoms with Crippen LogP contribution in [0.5, 0.6) is 0 Å². The van der Waals surface area contributed by atoms with Gasteiger partial charge in [-0.25, -0.2) is 4.98 Å². The monoisotopic (exact) mass is 433 g/mol. The summed E-state index contributed by atoms with van der Waals surface area (Å²) in [5.41, 5.74) is 1.56. The minimum atomic E-state index is -4.69. The summed E-state index contributed by atoms with van der Waals surface area (Å²) in [6, 6.07) is 12.1. The Kier molecular flexibility index (Phi) is 7.03. The number of pyridine rings is 1. The Balaban J connectivity index is 1.74. The first kappa shape index (κ1) is 22.4. The predicted molar refractivity (Wildman–Crippen MR) is 110 cm³/mol. The van der Waals surface area contributed by atoms with Crippen LogP contribution in [0.4, 0.5) is 24.9 Å². The molecule has 0 fully saturated rings. The summed E-state index contributed by atoms with van der Waals surface area (Å²) in [7, 11) is 0. The van der Waals surface area contributed by atoms with Gasteiger partial charge < -0.3 is 20.8 Å². The Morgan fingerprint density at radius 2 is 1.81 bits per heavy atom. The normalized spacial score (nSPS) is 13.5. The zero-order valence-electron chi connectivity index (χ0n) is 16.6. The van der Waals surface area contributed by atoms with E-state index in [1.54, 1.807) is 6.20 Å². The molecule has 2 aromatic heterocycles. The van der Waals surface area contributed by atoms with Crippen molar-refractivity contribution < 1.29 is 23.4 Å². The maximum absolute atomic E-state index is 13.3. The summed E-state index contributed by atoms with van der Waals surface area (Å²) < 4.78 is 39.9. The second kappa shape index (κ2) is 9.71. The third-order valence-electron chi connectivity index (χ3n) is 4.56. The Morgan fingerprint density at radius 1 is 1.06 bits per heavy atom. The lowest BCUT2D eigenvalue weighted by Gasteiger charge is -2.22. The molecule has 0 saturated heterocycles. The molecule has 0 aliphatic heterocycles. The van der Waals surface area contributed by atoms with E-state index in [1.807, 2.05) is 42.5 Å². The Labute approximate surface area is 177 Å². The van der Waals surface area contributed by atoms with Gasteiger partial charge in [-0.3, -0.25) is 4.98 Å². The molecule has 4 N–H and O–H groups in total. The minimum Gasteiger partial charge on any atom is -0.394 e. The predicted octanol–water partition coefficient (Wildman–Crippen LogP) is 3.32. The van der Waals surface area contributed by atoms with Gasteiger partial charge in [-0.2, -0.15) is 18.2 Å². The highest BCUT2D eigenvalue weighted by molar-refractivity contribution is 5.59. The highest BCUT2D eigenvalue weighted by atomic mass is 19.4. The molecule has 164 valence electrons. The Bertz CT molecular complexity index is 983. The molecule has 31 heavy (non-hydrogen) atoms. The summed E-state index contributed by atoms with van der Waals surface area (Å²) >= 11 is 0. The van der Waals surface area contributed by atoms with Gasteiger partial charge in [0.25, 0.3) is 0 Å². The molecule has 0 saturated carbocycles. The number of aromatic nitrogens is 3. The summed E-state index contributed by atoms with van der Waals surface area (Å²) in [6.45, 7) is 1.08. The average Bonchev–Trinajstić information content (AvgIpc) is 2.76. The van der Waals surface area contributed by atoms with Crippen LogP contribution in [-0.2, 0) is 12.7 Å². The lowest BCUT2D eigenvalue weighted by atomic mass is 10.1. The lowest BCUT2D eigenvalue weighted by Crippen LogP contribution is -2.36. The van der Waals surface area contributed by atoms with E-state index < -0.39 is 36.3 Å². The molecule has 0 bridgehead atoms. The topological polar surface area (TPSA) is 103 Å². The first-order valence-electron chi connectivity index (χ1n) is 9.52. The van der Waals surface area contributed by atoms with Crippen LogP contribution in [0.2, 0.25) is 0 Å². The number of benzene rings is 1. The highest BCUT2D eigenvalue weighted by Crippen LogP contribution is 2.34. The zero-order chi connectivity index (χ0) is 22.4. The number of aliphatic hydroxyl groups excluding tert-OH is 2. The quantitative estimate of drug-likeness (QED) is 0.432. The van der Waals surface area contributed by atoms with Gasteiger partial charge in [0, 0.05) is 24.5 Å². The summed E-state index contributed by atoms with van der Waals surface area (Å²) in [6.07, 6.45) is -3.41. The number of hydrogen-bond donors (Lipinski definition) is 4. The Morgan fingerprint density at radius 3 is 2.39 bits per heavy atom. The minimum absolute atomic E-state index is 0.0217. The molecule has 0 amide bonds. The van der Waals surface area contributed by atoms with Crippen LogP contribution in [0.1, 0.15) is 18.1 Å². The number of halogens is 3. The molecular formula is C21H22F3N5O2. The van der Waals surface area contributed by atoms with Crippen molar-refractivity contribution in [2.75, 3.05) is 17.2 Å². The number of alkyl halides is 3. The second-order valence-electron chi connectivity index (χ2n) is 6.89. The van der Waals surface area contributed by atoms with Gasteiger partial charge in [0.2, 0.25) is 5.95 Å². The molecule has 0 unspecified atom stereocenters. The standard InChI is InChI=1S/C21H22F3N5O2/c1-13(31)18(12-30)28-19-16(21(22,23)24)11-27-20(29-19)26-10-14-5-7-15(8-6-14)17-4-2-3-9-25-17/h2-9,11,13,18,30-31H,10,12H2,1H3,(H2,26,27,28,29)/t13-,18-/m1/s1. The summed E-state index contributed by atoms with van der Waals surface area (Å²) in [5.74, 6) is -0.540. The van der Waals surface area contributed by atoms with E-state index in [0.717, 1.165) is 16.8 Å². The van der Waals surface area contributed by atoms with Gasteiger partial charge in [0.15, 0.2) is 0 Å². The van der Waals surface area contributed by atoms with Gasteiger partial charge in [0.05, 0.1) is 24.4 Å². The zero-order valence-corrected chi connectivity index (χ0v) is 16.6. The van der Waals surface area contributed by atoms with Crippen LogP contribution in [0.25, 0.3) is 11.3 Å². The number of nitrogens with zero attached hydrogens (tertiary/aromatic N) is 3. The maximum atomic E-state index is 13.3. The molecule has 0 aliphatic rings. The molecule has 0 spiro atoms. The van der Waals surface area contributed by atoms with Crippen LogP contribution in [0.3, 0.4) is 0 Å². The lowest BCUT2D eigenvalue weighted by molar-refractivity contribution is -0.137. The smallest absolute Gasteiger partial charge is 0.394 e. The molecular weight excluding hydrogens is 411 g/mol. The maximum Gasteiger partial charge on any atom is 0.421 e. The fourth-order valence-electron chi connectivity index (χ4n) is 2.79. The first-order chi connectivity index (χ1) is 14.8. The number of nitrogens with one attached hydrogen (secondary N) is 2. The molecule has 2 heterocycles. The first-order valence-corrected chi connectivity index (χ1v) is 9.52. The molecule has 0 aliphatic carbocycles. The van der Waals surface area contributed by atoms with Crippen molar-refractivity contribution in [1.82, 2.24) is 15.0 Å². The fourth-order valence-corrected chi connectivity index (χ4v) is 2.79.